The Kier molecular flexibility index (Phi) is 4.15. The van der Waals surface area contributed by atoms with E-state index < -0.39 is 6.67 Å². The molecule has 0 aromatic heterocycles. The third-order valence-electron chi connectivity index (χ3n) is 4.90. The number of hydrogen-bond acceptors (Lipinski definition) is 3. The van der Waals surface area contributed by atoms with Crippen LogP contribution in [-0.4, -0.2) is 66.7 Å². The fourth-order valence-corrected chi connectivity index (χ4v) is 3.58. The average Bonchev–Trinajstić information content (AvgIpc) is 2.83. The maximum atomic E-state index is 12.2. The number of alkyl halides is 1. The summed E-state index contributed by atoms with van der Waals surface area (Å²) in [7, 11) is 0. The fraction of sp³-hybridized carbons (Fsp3) is 0.867. The lowest BCUT2D eigenvalue weighted by atomic mass is 9.82. The third kappa shape index (κ3) is 3.05. The van der Waals surface area contributed by atoms with Crippen molar-refractivity contribution in [1.82, 2.24) is 9.80 Å². The second kappa shape index (κ2) is 5.91. The molecule has 21 heavy (non-hydrogen) atoms. The van der Waals surface area contributed by atoms with Crippen LogP contribution in [0.3, 0.4) is 0 Å². The highest BCUT2D eigenvalue weighted by Crippen LogP contribution is 2.36. The molecule has 3 aliphatic rings. The Labute approximate surface area is 124 Å². The smallest absolute Gasteiger partial charge is 0.225 e. The van der Waals surface area contributed by atoms with Crippen LogP contribution in [0.25, 0.3) is 0 Å². The van der Waals surface area contributed by atoms with Crippen LogP contribution in [0.15, 0.2) is 0 Å². The Morgan fingerprint density at radius 1 is 1.43 bits per heavy atom. The van der Waals surface area contributed by atoms with Crippen LogP contribution in [0, 0.1) is 5.92 Å². The van der Waals surface area contributed by atoms with E-state index in [2.05, 4.69) is 0 Å². The molecule has 3 fully saturated rings. The number of ether oxygens (including phenoxy) is 1. The zero-order valence-corrected chi connectivity index (χ0v) is 12.4. The van der Waals surface area contributed by atoms with Crippen LogP contribution in [0.5, 0.6) is 0 Å². The van der Waals surface area contributed by atoms with Crippen LogP contribution >= 0.6 is 0 Å². The predicted octanol–water partition coefficient (Wildman–Crippen LogP) is 0.976. The molecule has 3 saturated heterocycles. The first-order valence-electron chi connectivity index (χ1n) is 7.87. The molecule has 0 radical (unpaired) electrons. The van der Waals surface area contributed by atoms with Crippen molar-refractivity contribution in [1.29, 1.82) is 0 Å². The van der Waals surface area contributed by atoms with Gasteiger partial charge >= 0.3 is 0 Å². The van der Waals surface area contributed by atoms with Gasteiger partial charge in [0.1, 0.15) is 5.60 Å². The third-order valence-corrected chi connectivity index (χ3v) is 4.90. The van der Waals surface area contributed by atoms with E-state index in [0.717, 1.165) is 32.4 Å². The normalized spacial score (nSPS) is 28.0. The molecule has 0 aromatic rings. The Balaban J connectivity index is 1.42. The van der Waals surface area contributed by atoms with Crippen LogP contribution in [-0.2, 0) is 14.3 Å². The molecule has 1 spiro atoms. The van der Waals surface area contributed by atoms with Crippen LogP contribution in [0.2, 0.25) is 0 Å². The zero-order valence-electron chi connectivity index (χ0n) is 12.4. The number of carbonyl (C=O) groups excluding carboxylic acids is 2. The summed E-state index contributed by atoms with van der Waals surface area (Å²) in [6.07, 6.45) is 3.61. The minimum absolute atomic E-state index is 0.0181. The van der Waals surface area contributed by atoms with Gasteiger partial charge in [0, 0.05) is 25.4 Å². The number of hydrogen-bond donors (Lipinski definition) is 0. The number of nitrogens with zero attached hydrogens (tertiary/aromatic N) is 2. The Bertz CT molecular complexity index is 413. The van der Waals surface area contributed by atoms with E-state index >= 15 is 0 Å². The molecule has 1 atom stereocenters. The number of likely N-dealkylation sites (tertiary alicyclic amines) is 2. The van der Waals surface area contributed by atoms with Gasteiger partial charge in [0.2, 0.25) is 11.8 Å². The number of rotatable bonds is 4. The van der Waals surface area contributed by atoms with Crippen LogP contribution < -0.4 is 0 Å². The maximum Gasteiger partial charge on any atom is 0.225 e. The van der Waals surface area contributed by atoms with Crippen molar-refractivity contribution >= 4 is 11.8 Å². The van der Waals surface area contributed by atoms with Crippen molar-refractivity contribution in [2.24, 2.45) is 5.92 Å². The molecule has 0 aliphatic carbocycles. The summed E-state index contributed by atoms with van der Waals surface area (Å²) in [6, 6.07) is 0. The van der Waals surface area contributed by atoms with Crippen molar-refractivity contribution in [3.63, 3.8) is 0 Å². The minimum atomic E-state index is -0.588. The highest BCUT2D eigenvalue weighted by molar-refractivity contribution is 5.78. The largest absolute Gasteiger partial charge is 0.371 e. The highest BCUT2D eigenvalue weighted by Gasteiger charge is 2.48. The fourth-order valence-electron chi connectivity index (χ4n) is 3.58. The van der Waals surface area contributed by atoms with Gasteiger partial charge in [-0.15, -0.1) is 0 Å². The molecular weight excluding hydrogens is 275 g/mol. The molecule has 2 amide bonds. The first-order chi connectivity index (χ1) is 10.1. The summed E-state index contributed by atoms with van der Waals surface area (Å²) in [6.45, 7) is 2.96. The summed E-state index contributed by atoms with van der Waals surface area (Å²) in [5.74, 6) is 0.562. The molecule has 118 valence electrons. The summed E-state index contributed by atoms with van der Waals surface area (Å²) in [5, 5.41) is 0. The van der Waals surface area contributed by atoms with Gasteiger partial charge in [0.25, 0.3) is 0 Å². The van der Waals surface area contributed by atoms with E-state index in [9.17, 15) is 14.0 Å². The van der Waals surface area contributed by atoms with E-state index in [1.807, 2.05) is 4.90 Å². The van der Waals surface area contributed by atoms with E-state index in [1.54, 1.807) is 4.90 Å². The molecular formula is C15H23FN2O3. The SMILES string of the molecule is O=C1CCCN1C[C@@H]1CCC2(CN(C(=O)CCF)C2)OC1. The number of halogens is 1. The molecule has 5 nitrogen and oxygen atoms in total. The Morgan fingerprint density at radius 3 is 2.81 bits per heavy atom. The summed E-state index contributed by atoms with van der Waals surface area (Å²) in [4.78, 5) is 26.8. The van der Waals surface area contributed by atoms with E-state index in [4.69, 9.17) is 4.74 Å². The Hall–Kier alpha value is -1.17. The van der Waals surface area contributed by atoms with Gasteiger partial charge < -0.3 is 14.5 Å². The monoisotopic (exact) mass is 298 g/mol. The van der Waals surface area contributed by atoms with Crippen LogP contribution in [0.1, 0.15) is 32.1 Å². The van der Waals surface area contributed by atoms with E-state index in [-0.39, 0.29) is 23.8 Å². The highest BCUT2D eigenvalue weighted by atomic mass is 19.1. The zero-order chi connectivity index (χ0) is 14.9. The second-order valence-corrected chi connectivity index (χ2v) is 6.53. The van der Waals surface area contributed by atoms with E-state index in [1.165, 1.54) is 0 Å². The number of amides is 2. The van der Waals surface area contributed by atoms with Gasteiger partial charge in [0.15, 0.2) is 0 Å². The lowest BCUT2D eigenvalue weighted by Crippen LogP contribution is -2.66. The summed E-state index contributed by atoms with van der Waals surface area (Å²) in [5.41, 5.74) is -0.197. The summed E-state index contributed by atoms with van der Waals surface area (Å²) >= 11 is 0. The average molecular weight is 298 g/mol. The summed E-state index contributed by atoms with van der Waals surface area (Å²) < 4.78 is 18.2. The standard InChI is InChI=1S/C15H23FN2O3/c16-6-4-14(20)18-10-15(11-18)5-3-12(9-21-15)8-17-7-1-2-13(17)19/h12H,1-11H2/t12-/m0/s1. The van der Waals surface area contributed by atoms with E-state index in [0.29, 0.717) is 32.0 Å². The van der Waals surface area contributed by atoms with Crippen molar-refractivity contribution in [2.75, 3.05) is 39.5 Å². The molecule has 3 rings (SSSR count). The lowest BCUT2D eigenvalue weighted by molar-refractivity contribution is -0.190. The molecule has 0 saturated carbocycles. The minimum Gasteiger partial charge on any atom is -0.371 e. The molecule has 0 aromatic carbocycles. The molecule has 0 N–H and O–H groups in total. The van der Waals surface area contributed by atoms with Crippen molar-refractivity contribution in [2.45, 2.75) is 37.7 Å². The van der Waals surface area contributed by atoms with Gasteiger partial charge in [0.05, 0.1) is 32.8 Å². The van der Waals surface area contributed by atoms with Gasteiger partial charge in [-0.2, -0.15) is 0 Å². The quantitative estimate of drug-likeness (QED) is 0.777. The first-order valence-corrected chi connectivity index (χ1v) is 7.87. The molecule has 6 heteroatoms. The topological polar surface area (TPSA) is 49.9 Å². The van der Waals surface area contributed by atoms with Gasteiger partial charge in [-0.1, -0.05) is 0 Å². The van der Waals surface area contributed by atoms with Crippen molar-refractivity contribution < 1.29 is 18.7 Å². The maximum absolute atomic E-state index is 12.2. The van der Waals surface area contributed by atoms with Crippen molar-refractivity contribution in [3.8, 4) is 0 Å². The van der Waals surface area contributed by atoms with Crippen molar-refractivity contribution in [3.05, 3.63) is 0 Å². The second-order valence-electron chi connectivity index (χ2n) is 6.53. The van der Waals surface area contributed by atoms with Crippen LogP contribution in [0.4, 0.5) is 4.39 Å². The molecule has 0 unspecified atom stereocenters. The molecule has 3 aliphatic heterocycles. The predicted molar refractivity (Wildman–Crippen MR) is 74.4 cm³/mol. The lowest BCUT2D eigenvalue weighted by Gasteiger charge is -2.53. The first kappa shape index (κ1) is 14.8. The van der Waals surface area contributed by atoms with Gasteiger partial charge in [-0.3, -0.25) is 14.0 Å². The van der Waals surface area contributed by atoms with Gasteiger partial charge in [-0.25, -0.2) is 0 Å². The Morgan fingerprint density at radius 2 is 2.24 bits per heavy atom. The molecule has 0 bridgehead atoms. The number of carbonyl (C=O) groups is 2. The van der Waals surface area contributed by atoms with Gasteiger partial charge in [-0.05, 0) is 19.3 Å². The molecule has 3 heterocycles.